The lowest BCUT2D eigenvalue weighted by atomic mass is 10.1. The van der Waals surface area contributed by atoms with E-state index in [1.54, 1.807) is 0 Å². The van der Waals surface area contributed by atoms with Crippen molar-refractivity contribution in [3.63, 3.8) is 0 Å². The van der Waals surface area contributed by atoms with E-state index in [1.807, 2.05) is 25.1 Å². The molecule has 0 atom stereocenters. The molecule has 4 heteroatoms. The summed E-state index contributed by atoms with van der Waals surface area (Å²) in [6.45, 7) is 6.47. The highest BCUT2D eigenvalue weighted by molar-refractivity contribution is 5.93. The number of amides is 2. The van der Waals surface area contributed by atoms with Gasteiger partial charge in [-0.05, 0) is 43.5 Å². The van der Waals surface area contributed by atoms with Gasteiger partial charge in [0.2, 0.25) is 11.8 Å². The number of hydrogen-bond acceptors (Lipinski definition) is 2. The molecule has 1 aromatic rings. The van der Waals surface area contributed by atoms with Gasteiger partial charge in [-0.3, -0.25) is 9.59 Å². The number of nitrogens with one attached hydrogen (secondary N) is 2. The molecule has 0 unspecified atom stereocenters. The summed E-state index contributed by atoms with van der Waals surface area (Å²) >= 11 is 0. The molecule has 0 aliphatic rings. The summed E-state index contributed by atoms with van der Waals surface area (Å²) in [7, 11) is 0. The number of carbonyl (C=O) groups is 2. The van der Waals surface area contributed by atoms with Crippen LogP contribution >= 0.6 is 0 Å². The molecule has 0 spiro atoms. The van der Waals surface area contributed by atoms with Gasteiger partial charge in [0, 0.05) is 24.2 Å². The Bertz CT molecular complexity index is 687. The van der Waals surface area contributed by atoms with Crippen LogP contribution in [0.25, 0.3) is 0 Å². The van der Waals surface area contributed by atoms with Crippen molar-refractivity contribution in [3.8, 4) is 0 Å². The average Bonchev–Trinajstić information content (AvgIpc) is 2.83. The zero-order valence-corrected chi connectivity index (χ0v) is 23.2. The van der Waals surface area contributed by atoms with Gasteiger partial charge in [-0.25, -0.2) is 0 Å². The van der Waals surface area contributed by atoms with Gasteiger partial charge in [0.05, 0.1) is 0 Å². The molecule has 0 fully saturated rings. The molecule has 0 heterocycles. The van der Waals surface area contributed by atoms with Crippen LogP contribution in [0.5, 0.6) is 0 Å². The van der Waals surface area contributed by atoms with Crippen molar-refractivity contribution in [1.82, 2.24) is 0 Å². The number of aryl methyl sites for hydroxylation is 1. The number of hydrogen-bond donors (Lipinski definition) is 2. The number of unbranched alkanes of at least 4 members (excludes halogenated alkanes) is 16. The first-order valence-electron chi connectivity index (χ1n) is 14.8. The monoisotopic (exact) mass is 486 g/mol. The molecular formula is C31H54N2O2. The maximum Gasteiger partial charge on any atom is 0.224 e. The minimum Gasteiger partial charge on any atom is -0.326 e. The Morgan fingerprint density at radius 2 is 0.971 bits per heavy atom. The molecule has 0 aromatic heterocycles. The van der Waals surface area contributed by atoms with Gasteiger partial charge in [-0.2, -0.15) is 0 Å². The van der Waals surface area contributed by atoms with Crippen molar-refractivity contribution in [2.24, 2.45) is 0 Å². The van der Waals surface area contributed by atoms with Crippen molar-refractivity contribution in [2.45, 2.75) is 149 Å². The number of rotatable bonds is 22. The largest absolute Gasteiger partial charge is 0.326 e. The highest BCUT2D eigenvalue weighted by Gasteiger charge is 2.08. The third kappa shape index (κ3) is 17.3. The summed E-state index contributed by atoms with van der Waals surface area (Å²) < 4.78 is 0. The lowest BCUT2D eigenvalue weighted by Crippen LogP contribution is -2.13. The van der Waals surface area contributed by atoms with Crippen LogP contribution < -0.4 is 10.6 Å². The third-order valence-corrected chi connectivity index (χ3v) is 6.80. The molecule has 2 N–H and O–H groups in total. The Kier molecular flexibility index (Phi) is 19.1. The summed E-state index contributed by atoms with van der Waals surface area (Å²) in [5.41, 5.74) is 2.62. The molecular weight excluding hydrogens is 432 g/mol. The van der Waals surface area contributed by atoms with Gasteiger partial charge in [0.1, 0.15) is 0 Å². The van der Waals surface area contributed by atoms with Crippen molar-refractivity contribution < 1.29 is 9.59 Å². The summed E-state index contributed by atoms with van der Waals surface area (Å²) in [6.07, 6.45) is 23.7. The van der Waals surface area contributed by atoms with Gasteiger partial charge in [-0.15, -0.1) is 0 Å². The number of carbonyl (C=O) groups excluding carboxylic acids is 2. The van der Waals surface area contributed by atoms with E-state index in [9.17, 15) is 9.59 Å². The number of anilines is 2. The van der Waals surface area contributed by atoms with E-state index in [2.05, 4.69) is 24.5 Å². The second kappa shape index (κ2) is 21.4. The second-order valence-electron chi connectivity index (χ2n) is 10.3. The molecule has 4 nitrogen and oxygen atoms in total. The fourth-order valence-corrected chi connectivity index (χ4v) is 4.51. The SMILES string of the molecule is CCCCCCCCCCCC(=O)Nc1ccc(NC(=O)CCCCCCCCCCC)c(C)c1. The molecule has 35 heavy (non-hydrogen) atoms. The van der Waals surface area contributed by atoms with Gasteiger partial charge < -0.3 is 10.6 Å². The standard InChI is InChI=1S/C31H54N2O2/c1-4-6-8-10-12-14-16-18-20-22-30(34)32-28-24-25-29(27(3)26-28)33-31(35)23-21-19-17-15-13-11-9-7-5-2/h24-26H,4-23H2,1-3H3,(H,32,34)(H,33,35). The lowest BCUT2D eigenvalue weighted by molar-refractivity contribution is -0.117. The van der Waals surface area contributed by atoms with Crippen LogP contribution in [0.3, 0.4) is 0 Å². The second-order valence-corrected chi connectivity index (χ2v) is 10.3. The maximum absolute atomic E-state index is 12.3. The predicted molar refractivity (Wildman–Crippen MR) is 152 cm³/mol. The van der Waals surface area contributed by atoms with Crippen LogP contribution in [0.2, 0.25) is 0 Å². The predicted octanol–water partition coefficient (Wildman–Crippen LogP) is 9.71. The fraction of sp³-hybridized carbons (Fsp3) is 0.742. The summed E-state index contributed by atoms with van der Waals surface area (Å²) in [6, 6.07) is 5.73. The molecule has 0 radical (unpaired) electrons. The first kappa shape index (κ1) is 31.2. The topological polar surface area (TPSA) is 58.2 Å². The zero-order chi connectivity index (χ0) is 25.6. The van der Waals surface area contributed by atoms with Crippen LogP contribution in [0.4, 0.5) is 11.4 Å². The normalized spacial score (nSPS) is 10.9. The molecule has 2 amide bonds. The molecule has 1 rings (SSSR count). The molecule has 200 valence electrons. The van der Waals surface area contributed by atoms with Crippen LogP contribution in [0.1, 0.15) is 148 Å². The highest BCUT2D eigenvalue weighted by Crippen LogP contribution is 2.21. The first-order valence-corrected chi connectivity index (χ1v) is 14.8. The van der Waals surface area contributed by atoms with E-state index < -0.39 is 0 Å². The summed E-state index contributed by atoms with van der Waals surface area (Å²) in [5.74, 6) is 0.160. The van der Waals surface area contributed by atoms with Gasteiger partial charge in [0.15, 0.2) is 0 Å². The van der Waals surface area contributed by atoms with Crippen LogP contribution in [-0.4, -0.2) is 11.8 Å². The van der Waals surface area contributed by atoms with E-state index >= 15 is 0 Å². The quantitative estimate of drug-likeness (QED) is 0.160. The smallest absolute Gasteiger partial charge is 0.224 e. The Morgan fingerprint density at radius 1 is 0.571 bits per heavy atom. The van der Waals surface area contributed by atoms with Gasteiger partial charge in [-0.1, -0.05) is 117 Å². The maximum atomic E-state index is 12.3. The molecule has 0 bridgehead atoms. The van der Waals surface area contributed by atoms with Gasteiger partial charge in [0.25, 0.3) is 0 Å². The van der Waals surface area contributed by atoms with Crippen LogP contribution in [0, 0.1) is 6.92 Å². The lowest BCUT2D eigenvalue weighted by Gasteiger charge is -2.11. The minimum absolute atomic E-state index is 0.0782. The van der Waals surface area contributed by atoms with Gasteiger partial charge >= 0.3 is 0 Å². The van der Waals surface area contributed by atoms with E-state index in [0.29, 0.717) is 12.8 Å². The van der Waals surface area contributed by atoms with Crippen molar-refractivity contribution in [3.05, 3.63) is 23.8 Å². The zero-order valence-electron chi connectivity index (χ0n) is 23.2. The minimum atomic E-state index is 0.0782. The Labute approximate surface area is 216 Å². The van der Waals surface area contributed by atoms with Crippen LogP contribution in [-0.2, 0) is 9.59 Å². The van der Waals surface area contributed by atoms with Crippen molar-refractivity contribution in [2.75, 3.05) is 10.6 Å². The van der Waals surface area contributed by atoms with Crippen molar-refractivity contribution in [1.29, 1.82) is 0 Å². The highest BCUT2D eigenvalue weighted by atomic mass is 16.2. The fourth-order valence-electron chi connectivity index (χ4n) is 4.51. The van der Waals surface area contributed by atoms with E-state index in [4.69, 9.17) is 0 Å². The van der Waals surface area contributed by atoms with E-state index in [0.717, 1.165) is 42.6 Å². The molecule has 1 aromatic carbocycles. The molecule has 0 saturated heterocycles. The summed E-state index contributed by atoms with van der Waals surface area (Å²) in [5, 5.41) is 6.04. The first-order chi connectivity index (χ1) is 17.1. The van der Waals surface area contributed by atoms with E-state index in [1.165, 1.54) is 89.9 Å². The van der Waals surface area contributed by atoms with Crippen molar-refractivity contribution >= 4 is 23.2 Å². The summed E-state index contributed by atoms with van der Waals surface area (Å²) in [4.78, 5) is 24.6. The van der Waals surface area contributed by atoms with E-state index in [-0.39, 0.29) is 11.8 Å². The Balaban J connectivity index is 2.16. The molecule has 0 aliphatic carbocycles. The average molecular weight is 487 g/mol. The third-order valence-electron chi connectivity index (χ3n) is 6.80. The number of benzene rings is 1. The molecule has 0 aliphatic heterocycles. The molecule has 0 saturated carbocycles. The van der Waals surface area contributed by atoms with Crippen LogP contribution in [0.15, 0.2) is 18.2 Å². The Morgan fingerprint density at radius 3 is 1.40 bits per heavy atom. The Hall–Kier alpha value is -1.84.